The van der Waals surface area contributed by atoms with Crippen molar-refractivity contribution < 1.29 is 31.9 Å². The van der Waals surface area contributed by atoms with Crippen LogP contribution in [0.2, 0.25) is 0 Å². The number of nitrogens with zero attached hydrogens (tertiary/aromatic N) is 4. The van der Waals surface area contributed by atoms with Gasteiger partial charge in [0.05, 0.1) is 30.1 Å². The van der Waals surface area contributed by atoms with E-state index in [1.807, 2.05) is 13.8 Å². The highest BCUT2D eigenvalue weighted by atomic mass is 19.4. The molecule has 1 aromatic carbocycles. The van der Waals surface area contributed by atoms with Crippen LogP contribution >= 0.6 is 0 Å². The molecule has 0 aliphatic carbocycles. The third-order valence-electron chi connectivity index (χ3n) is 7.36. The minimum absolute atomic E-state index is 0.100. The van der Waals surface area contributed by atoms with Crippen LogP contribution in [0, 0.1) is 17.2 Å². The molecule has 1 aromatic heterocycles. The predicted molar refractivity (Wildman–Crippen MR) is 145 cm³/mol. The SMILES string of the molecule is CCCC1C(C(=O)N(CCF)CCC(C#N)c2ccccc2OCC)CCCN1C(=O)c1ncccc1C(F)(F)F. The average molecular weight is 577 g/mol. The molecule has 1 aliphatic heterocycles. The molecule has 0 saturated carbocycles. The maximum Gasteiger partial charge on any atom is 0.418 e. The Morgan fingerprint density at radius 1 is 1.20 bits per heavy atom. The minimum atomic E-state index is -4.76. The molecule has 3 atom stereocenters. The van der Waals surface area contributed by atoms with Crippen molar-refractivity contribution >= 4 is 11.8 Å². The lowest BCUT2D eigenvalue weighted by Crippen LogP contribution is -2.54. The maximum absolute atomic E-state index is 13.8. The van der Waals surface area contributed by atoms with E-state index in [0.717, 1.165) is 18.3 Å². The second-order valence-corrected chi connectivity index (χ2v) is 9.96. The van der Waals surface area contributed by atoms with Crippen molar-refractivity contribution in [1.82, 2.24) is 14.8 Å². The number of benzene rings is 1. The summed E-state index contributed by atoms with van der Waals surface area (Å²) in [6.45, 7) is 3.43. The summed E-state index contributed by atoms with van der Waals surface area (Å²) < 4.78 is 60.2. The van der Waals surface area contributed by atoms with Crippen LogP contribution in [0.3, 0.4) is 0 Å². The number of carbonyl (C=O) groups is 2. The number of hydrogen-bond acceptors (Lipinski definition) is 5. The highest BCUT2D eigenvalue weighted by molar-refractivity contribution is 5.95. The maximum atomic E-state index is 13.8. The van der Waals surface area contributed by atoms with E-state index in [4.69, 9.17) is 4.74 Å². The Labute approximate surface area is 238 Å². The van der Waals surface area contributed by atoms with Gasteiger partial charge in [0, 0.05) is 37.4 Å². The van der Waals surface area contributed by atoms with Crippen molar-refractivity contribution in [1.29, 1.82) is 5.26 Å². The van der Waals surface area contributed by atoms with Gasteiger partial charge in [-0.05, 0) is 50.8 Å². The third-order valence-corrected chi connectivity index (χ3v) is 7.36. The number of pyridine rings is 1. The van der Waals surface area contributed by atoms with Gasteiger partial charge in [-0.1, -0.05) is 31.5 Å². The standard InChI is InChI=1S/C30H36F4N4O3/c1-3-9-25-23(11-8-17-38(25)29(40)27-24(30(32,33)34)12-7-16-36-27)28(39)37(19-15-31)18-14-21(20-35)22-10-5-6-13-26(22)41-4-2/h5-7,10,12-13,16,21,23,25H,3-4,8-9,11,14-15,17-19H2,1-2H3. The fourth-order valence-corrected chi connectivity index (χ4v) is 5.49. The number of hydrogen-bond donors (Lipinski definition) is 0. The first-order chi connectivity index (χ1) is 19.7. The van der Waals surface area contributed by atoms with Crippen LogP contribution in [0.15, 0.2) is 42.6 Å². The van der Waals surface area contributed by atoms with E-state index in [1.165, 1.54) is 9.80 Å². The Morgan fingerprint density at radius 2 is 1.95 bits per heavy atom. The number of carbonyl (C=O) groups excluding carboxylic acids is 2. The van der Waals surface area contributed by atoms with E-state index in [0.29, 0.717) is 43.6 Å². The van der Waals surface area contributed by atoms with Crippen LogP contribution in [-0.2, 0) is 11.0 Å². The van der Waals surface area contributed by atoms with Crippen LogP contribution in [-0.4, -0.2) is 65.6 Å². The quantitative estimate of drug-likeness (QED) is 0.289. The van der Waals surface area contributed by atoms with Gasteiger partial charge >= 0.3 is 6.18 Å². The molecule has 2 heterocycles. The number of aromatic nitrogens is 1. The molecular formula is C30H36F4N4O3. The monoisotopic (exact) mass is 576 g/mol. The lowest BCUT2D eigenvalue weighted by Gasteiger charge is -2.42. The number of alkyl halides is 4. The molecule has 0 spiro atoms. The van der Waals surface area contributed by atoms with Gasteiger partial charge in [0.25, 0.3) is 5.91 Å². The van der Waals surface area contributed by atoms with Crippen LogP contribution in [0.5, 0.6) is 5.75 Å². The number of piperidine rings is 1. The summed E-state index contributed by atoms with van der Waals surface area (Å²) in [5.74, 6) is -1.99. The normalized spacial score (nSPS) is 17.9. The molecule has 2 aromatic rings. The van der Waals surface area contributed by atoms with Crippen LogP contribution in [0.4, 0.5) is 17.6 Å². The van der Waals surface area contributed by atoms with E-state index in [9.17, 15) is 32.4 Å². The zero-order chi connectivity index (χ0) is 30.0. The molecule has 222 valence electrons. The van der Waals surface area contributed by atoms with Gasteiger partial charge in [0.1, 0.15) is 18.1 Å². The molecule has 2 amide bonds. The average Bonchev–Trinajstić information content (AvgIpc) is 2.97. The number of amides is 2. The van der Waals surface area contributed by atoms with E-state index >= 15 is 0 Å². The van der Waals surface area contributed by atoms with Crippen LogP contribution in [0.1, 0.15) is 73.5 Å². The molecule has 3 rings (SSSR count). The third kappa shape index (κ3) is 7.75. The Bertz CT molecular complexity index is 1220. The molecular weight excluding hydrogens is 540 g/mol. The highest BCUT2D eigenvalue weighted by Gasteiger charge is 2.43. The van der Waals surface area contributed by atoms with Gasteiger partial charge in [-0.15, -0.1) is 0 Å². The first-order valence-corrected chi connectivity index (χ1v) is 14.0. The lowest BCUT2D eigenvalue weighted by atomic mass is 9.84. The smallest absolute Gasteiger partial charge is 0.418 e. The molecule has 41 heavy (non-hydrogen) atoms. The highest BCUT2D eigenvalue weighted by Crippen LogP contribution is 2.35. The van der Waals surface area contributed by atoms with E-state index in [1.54, 1.807) is 24.3 Å². The topological polar surface area (TPSA) is 86.5 Å². The summed E-state index contributed by atoms with van der Waals surface area (Å²) >= 11 is 0. The van der Waals surface area contributed by atoms with Crippen molar-refractivity contribution in [3.8, 4) is 11.8 Å². The number of nitriles is 1. The van der Waals surface area contributed by atoms with Crippen LogP contribution < -0.4 is 4.74 Å². The van der Waals surface area contributed by atoms with Gasteiger partial charge in [0.15, 0.2) is 0 Å². The van der Waals surface area contributed by atoms with Crippen molar-refractivity contribution in [2.75, 3.05) is 32.9 Å². The number of rotatable bonds is 12. The van der Waals surface area contributed by atoms with Crippen molar-refractivity contribution in [2.45, 2.75) is 64.1 Å². The zero-order valence-corrected chi connectivity index (χ0v) is 23.4. The Hall–Kier alpha value is -3.68. The van der Waals surface area contributed by atoms with E-state index in [-0.39, 0.29) is 32.0 Å². The summed E-state index contributed by atoms with van der Waals surface area (Å²) in [4.78, 5) is 33.7. The van der Waals surface area contributed by atoms with Crippen molar-refractivity contribution in [2.24, 2.45) is 5.92 Å². The molecule has 1 saturated heterocycles. The fraction of sp³-hybridized carbons (Fsp3) is 0.533. The van der Waals surface area contributed by atoms with Crippen molar-refractivity contribution in [3.63, 3.8) is 0 Å². The first-order valence-electron chi connectivity index (χ1n) is 14.0. The van der Waals surface area contributed by atoms with Gasteiger partial charge < -0.3 is 14.5 Å². The number of halogens is 4. The molecule has 0 radical (unpaired) electrons. The predicted octanol–water partition coefficient (Wildman–Crippen LogP) is 6.02. The molecule has 11 heteroatoms. The van der Waals surface area contributed by atoms with Gasteiger partial charge in [-0.2, -0.15) is 18.4 Å². The van der Waals surface area contributed by atoms with E-state index < -0.39 is 47.9 Å². The largest absolute Gasteiger partial charge is 0.494 e. The van der Waals surface area contributed by atoms with Gasteiger partial charge in [-0.25, -0.2) is 4.39 Å². The summed E-state index contributed by atoms with van der Waals surface area (Å²) in [7, 11) is 0. The Morgan fingerprint density at radius 3 is 2.61 bits per heavy atom. The molecule has 3 unspecified atom stereocenters. The van der Waals surface area contributed by atoms with E-state index in [2.05, 4.69) is 11.1 Å². The summed E-state index contributed by atoms with van der Waals surface area (Å²) in [5.41, 5.74) is -1.14. The summed E-state index contributed by atoms with van der Waals surface area (Å²) in [6, 6.07) is 10.7. The van der Waals surface area contributed by atoms with Gasteiger partial charge in [-0.3, -0.25) is 14.6 Å². The number of para-hydroxylation sites is 1. The molecule has 0 N–H and O–H groups in total. The lowest BCUT2D eigenvalue weighted by molar-refractivity contribution is -0.140. The van der Waals surface area contributed by atoms with Crippen molar-refractivity contribution in [3.05, 3.63) is 59.4 Å². The molecule has 7 nitrogen and oxygen atoms in total. The molecule has 0 bridgehead atoms. The minimum Gasteiger partial charge on any atom is -0.494 e. The van der Waals surface area contributed by atoms with Crippen LogP contribution in [0.25, 0.3) is 0 Å². The zero-order valence-electron chi connectivity index (χ0n) is 23.4. The summed E-state index contributed by atoms with van der Waals surface area (Å²) in [5, 5.41) is 9.88. The molecule has 1 fully saturated rings. The first kappa shape index (κ1) is 31.8. The second kappa shape index (κ2) is 14.8. The second-order valence-electron chi connectivity index (χ2n) is 9.96. The Balaban J connectivity index is 1.84. The van der Waals surface area contributed by atoms with Gasteiger partial charge in [0.2, 0.25) is 5.91 Å². The molecule has 1 aliphatic rings. The Kier molecular flexibility index (Phi) is 11.5. The summed E-state index contributed by atoms with van der Waals surface area (Å²) in [6.07, 6.45) is -1.59. The number of likely N-dealkylation sites (tertiary alicyclic amines) is 1. The fourth-order valence-electron chi connectivity index (χ4n) is 5.49. The number of ether oxygens (including phenoxy) is 1.